The first-order chi connectivity index (χ1) is 13.7. The molecule has 1 heterocycles. The monoisotopic (exact) mass is 398 g/mol. The van der Waals surface area contributed by atoms with E-state index in [1.165, 1.54) is 11.3 Å². The number of benzene rings is 2. The second kappa shape index (κ2) is 9.75. The molecule has 3 rings (SSSR count). The van der Waals surface area contributed by atoms with E-state index >= 15 is 0 Å². The van der Waals surface area contributed by atoms with Crippen LogP contribution in [0.5, 0.6) is 17.2 Å². The lowest BCUT2D eigenvalue weighted by Crippen LogP contribution is -2.12. The Morgan fingerprint density at radius 3 is 2.64 bits per heavy atom. The number of nitrogens with zero attached hydrogens (tertiary/aromatic N) is 1. The Labute approximate surface area is 168 Å². The van der Waals surface area contributed by atoms with Gasteiger partial charge >= 0.3 is 0 Å². The van der Waals surface area contributed by atoms with E-state index in [0.29, 0.717) is 36.1 Å². The van der Waals surface area contributed by atoms with Gasteiger partial charge in [-0.2, -0.15) is 0 Å². The van der Waals surface area contributed by atoms with E-state index in [4.69, 9.17) is 14.2 Å². The number of hydrogen-bond acceptors (Lipinski definition) is 6. The van der Waals surface area contributed by atoms with Crippen LogP contribution in [0.4, 0.5) is 5.13 Å². The maximum absolute atomic E-state index is 12.1. The molecule has 146 valence electrons. The van der Waals surface area contributed by atoms with Gasteiger partial charge in [0.1, 0.15) is 17.2 Å². The normalized spacial score (nSPS) is 10.4. The number of amides is 1. The fourth-order valence-electron chi connectivity index (χ4n) is 2.59. The van der Waals surface area contributed by atoms with Crippen molar-refractivity contribution in [1.29, 1.82) is 0 Å². The molecule has 0 bridgehead atoms. The predicted octanol–water partition coefficient (Wildman–Crippen LogP) is 4.63. The standard InChI is InChI=1S/C21H22N2O4S/c1-25-16-10-11-19(26-2)17(13-16)18-14-28-21(22-18)23-20(24)9-6-12-27-15-7-4-3-5-8-15/h3-5,7-8,10-11,13-14H,6,9,12H2,1-2H3,(H,22,23,24). The highest BCUT2D eigenvalue weighted by Gasteiger charge is 2.13. The molecule has 0 spiro atoms. The number of hydrogen-bond donors (Lipinski definition) is 1. The number of nitrogens with one attached hydrogen (secondary N) is 1. The smallest absolute Gasteiger partial charge is 0.226 e. The van der Waals surface area contributed by atoms with Gasteiger partial charge in [0.25, 0.3) is 0 Å². The van der Waals surface area contributed by atoms with Gasteiger partial charge in [-0.15, -0.1) is 11.3 Å². The van der Waals surface area contributed by atoms with Crippen molar-refractivity contribution in [1.82, 2.24) is 4.98 Å². The highest BCUT2D eigenvalue weighted by atomic mass is 32.1. The Hall–Kier alpha value is -3.06. The van der Waals surface area contributed by atoms with Gasteiger partial charge in [-0.25, -0.2) is 4.98 Å². The molecular formula is C21H22N2O4S. The highest BCUT2D eigenvalue weighted by Crippen LogP contribution is 2.35. The van der Waals surface area contributed by atoms with Crippen molar-refractivity contribution in [3.63, 3.8) is 0 Å². The maximum atomic E-state index is 12.1. The number of thiazole rings is 1. The van der Waals surface area contributed by atoms with Crippen LogP contribution < -0.4 is 19.5 Å². The lowest BCUT2D eigenvalue weighted by Gasteiger charge is -2.08. The van der Waals surface area contributed by atoms with Crippen LogP contribution in [0.3, 0.4) is 0 Å². The molecule has 0 saturated carbocycles. The van der Waals surface area contributed by atoms with Crippen LogP contribution in [0.1, 0.15) is 12.8 Å². The second-order valence-corrected chi connectivity index (χ2v) is 6.78. The number of rotatable bonds is 9. The van der Waals surface area contributed by atoms with Crippen LogP contribution >= 0.6 is 11.3 Å². The van der Waals surface area contributed by atoms with Crippen LogP contribution in [-0.2, 0) is 4.79 Å². The first-order valence-electron chi connectivity index (χ1n) is 8.85. The van der Waals surface area contributed by atoms with E-state index < -0.39 is 0 Å². The maximum Gasteiger partial charge on any atom is 0.226 e. The average Bonchev–Trinajstić information content (AvgIpc) is 3.19. The molecular weight excluding hydrogens is 376 g/mol. The van der Waals surface area contributed by atoms with Crippen molar-refractivity contribution < 1.29 is 19.0 Å². The minimum atomic E-state index is -0.0878. The summed E-state index contributed by atoms with van der Waals surface area (Å²) in [6, 6.07) is 15.1. The number of anilines is 1. The zero-order valence-corrected chi connectivity index (χ0v) is 16.6. The van der Waals surface area contributed by atoms with Crippen LogP contribution in [0, 0.1) is 0 Å². The molecule has 0 aliphatic carbocycles. The first kappa shape index (κ1) is 19.7. The van der Waals surface area contributed by atoms with Gasteiger partial charge in [0.15, 0.2) is 5.13 Å². The summed E-state index contributed by atoms with van der Waals surface area (Å²) in [5.74, 6) is 2.13. The van der Waals surface area contributed by atoms with Crippen molar-refractivity contribution >= 4 is 22.4 Å². The molecule has 0 aliphatic rings. The van der Waals surface area contributed by atoms with E-state index in [2.05, 4.69) is 10.3 Å². The Bertz CT molecular complexity index is 912. The molecule has 0 fully saturated rings. The topological polar surface area (TPSA) is 69.7 Å². The van der Waals surface area contributed by atoms with Crippen molar-refractivity contribution in [3.8, 4) is 28.5 Å². The van der Waals surface area contributed by atoms with Crippen LogP contribution in [-0.4, -0.2) is 31.7 Å². The molecule has 0 aliphatic heterocycles. The summed E-state index contributed by atoms with van der Waals surface area (Å²) in [6.07, 6.45) is 0.993. The first-order valence-corrected chi connectivity index (χ1v) is 9.73. The fraction of sp³-hybridized carbons (Fsp3) is 0.238. The van der Waals surface area contributed by atoms with Gasteiger partial charge in [0, 0.05) is 17.4 Å². The molecule has 6 nitrogen and oxygen atoms in total. The van der Waals surface area contributed by atoms with Gasteiger partial charge < -0.3 is 19.5 Å². The van der Waals surface area contributed by atoms with Gasteiger partial charge in [-0.3, -0.25) is 4.79 Å². The molecule has 0 saturated heterocycles. The Kier molecular flexibility index (Phi) is 6.86. The summed E-state index contributed by atoms with van der Waals surface area (Å²) in [5.41, 5.74) is 1.54. The summed E-state index contributed by atoms with van der Waals surface area (Å²) in [7, 11) is 3.22. The minimum Gasteiger partial charge on any atom is -0.497 e. The molecule has 2 aromatic carbocycles. The van der Waals surface area contributed by atoms with E-state index in [1.54, 1.807) is 14.2 Å². The molecule has 0 atom stereocenters. The predicted molar refractivity (Wildman–Crippen MR) is 110 cm³/mol. The Morgan fingerprint density at radius 2 is 1.89 bits per heavy atom. The highest BCUT2D eigenvalue weighted by molar-refractivity contribution is 7.14. The van der Waals surface area contributed by atoms with Gasteiger partial charge in [0.05, 0.1) is 26.5 Å². The second-order valence-electron chi connectivity index (χ2n) is 5.92. The van der Waals surface area contributed by atoms with E-state index in [9.17, 15) is 4.79 Å². The lowest BCUT2D eigenvalue weighted by atomic mass is 10.1. The fourth-order valence-corrected chi connectivity index (χ4v) is 3.32. The van der Waals surface area contributed by atoms with Crippen LogP contribution in [0.2, 0.25) is 0 Å². The molecule has 1 N–H and O–H groups in total. The molecule has 1 aromatic heterocycles. The van der Waals surface area contributed by atoms with Gasteiger partial charge in [-0.05, 0) is 36.8 Å². The molecule has 3 aromatic rings. The Balaban J connectivity index is 1.53. The number of carbonyl (C=O) groups is 1. The van der Waals surface area contributed by atoms with Crippen LogP contribution in [0.15, 0.2) is 53.9 Å². The summed E-state index contributed by atoms with van der Waals surface area (Å²) >= 11 is 1.37. The SMILES string of the molecule is COc1ccc(OC)c(-c2csc(NC(=O)CCCOc3ccccc3)n2)c1. The molecule has 7 heteroatoms. The number of para-hydroxylation sites is 1. The molecule has 28 heavy (non-hydrogen) atoms. The third-order valence-electron chi connectivity index (χ3n) is 3.99. The number of carbonyl (C=O) groups excluding carboxylic acids is 1. The largest absolute Gasteiger partial charge is 0.497 e. The van der Waals surface area contributed by atoms with Gasteiger partial charge in [-0.1, -0.05) is 18.2 Å². The number of aromatic nitrogens is 1. The number of ether oxygens (including phenoxy) is 3. The van der Waals surface area contributed by atoms with Crippen molar-refractivity contribution in [2.75, 3.05) is 26.1 Å². The van der Waals surface area contributed by atoms with Crippen LogP contribution in [0.25, 0.3) is 11.3 Å². The molecule has 1 amide bonds. The summed E-state index contributed by atoms with van der Waals surface area (Å²) < 4.78 is 16.3. The van der Waals surface area contributed by atoms with E-state index in [0.717, 1.165) is 17.0 Å². The third-order valence-corrected chi connectivity index (χ3v) is 4.75. The lowest BCUT2D eigenvalue weighted by molar-refractivity contribution is -0.116. The Morgan fingerprint density at radius 1 is 1.07 bits per heavy atom. The minimum absolute atomic E-state index is 0.0878. The van der Waals surface area contributed by atoms with Crippen molar-refractivity contribution in [3.05, 3.63) is 53.9 Å². The average molecular weight is 398 g/mol. The summed E-state index contributed by atoms with van der Waals surface area (Å²) in [4.78, 5) is 16.6. The van der Waals surface area contributed by atoms with Gasteiger partial charge in [0.2, 0.25) is 5.91 Å². The van der Waals surface area contributed by atoms with E-state index in [1.807, 2.05) is 53.9 Å². The summed E-state index contributed by atoms with van der Waals surface area (Å²) in [5, 5.41) is 5.27. The molecule has 0 unspecified atom stereocenters. The number of methoxy groups -OCH3 is 2. The zero-order valence-electron chi connectivity index (χ0n) is 15.8. The molecule has 0 radical (unpaired) electrons. The quantitative estimate of drug-likeness (QED) is 0.533. The van der Waals surface area contributed by atoms with Crippen molar-refractivity contribution in [2.45, 2.75) is 12.8 Å². The van der Waals surface area contributed by atoms with E-state index in [-0.39, 0.29) is 5.91 Å². The third kappa shape index (κ3) is 5.23. The van der Waals surface area contributed by atoms with Crippen molar-refractivity contribution in [2.24, 2.45) is 0 Å². The zero-order chi connectivity index (χ0) is 19.8. The summed E-state index contributed by atoms with van der Waals surface area (Å²) in [6.45, 7) is 0.488.